The molecule has 3 fully saturated rings. The van der Waals surface area contributed by atoms with Gasteiger partial charge in [0.15, 0.2) is 0 Å². The van der Waals surface area contributed by atoms with Gasteiger partial charge in [-0.15, -0.1) is 0 Å². The van der Waals surface area contributed by atoms with Crippen molar-refractivity contribution in [1.29, 1.82) is 0 Å². The number of carbonyl (C=O) groups excluding carboxylic acids is 1. The van der Waals surface area contributed by atoms with E-state index in [2.05, 4.69) is 45.0 Å². The Hall–Kier alpha value is -1.69. The highest BCUT2D eigenvalue weighted by Gasteiger charge is 2.33. The van der Waals surface area contributed by atoms with Crippen molar-refractivity contribution in [3.8, 4) is 0 Å². The quantitative estimate of drug-likeness (QED) is 0.862. The van der Waals surface area contributed by atoms with Crippen LogP contribution in [-0.4, -0.2) is 59.0 Å². The van der Waals surface area contributed by atoms with Gasteiger partial charge < -0.3 is 10.2 Å². The molecule has 6 nitrogen and oxygen atoms in total. The predicted octanol–water partition coefficient (Wildman–Crippen LogP) is 2.56. The molecule has 0 aromatic carbocycles. The smallest absolute Gasteiger partial charge is 0.224 e. The van der Waals surface area contributed by atoms with E-state index in [1.807, 2.05) is 0 Å². The summed E-state index contributed by atoms with van der Waals surface area (Å²) in [5, 5.41) is 3.20. The minimum atomic E-state index is 0.188. The molecule has 1 N–H and O–H groups in total. The molecular formula is C21H33N5O. The fourth-order valence-corrected chi connectivity index (χ4v) is 4.41. The molecule has 0 unspecified atom stereocenters. The third kappa shape index (κ3) is 4.60. The van der Waals surface area contributed by atoms with Crippen LogP contribution in [0.5, 0.6) is 0 Å². The maximum Gasteiger partial charge on any atom is 0.224 e. The molecule has 1 aromatic rings. The number of piperidine rings is 2. The van der Waals surface area contributed by atoms with E-state index in [0.717, 1.165) is 63.4 Å². The molecule has 1 atom stereocenters. The molecule has 0 radical (unpaired) electrons. The van der Waals surface area contributed by atoms with Crippen molar-refractivity contribution in [2.75, 3.05) is 31.1 Å². The van der Waals surface area contributed by atoms with Gasteiger partial charge >= 0.3 is 0 Å². The number of carbonyl (C=O) groups is 1. The second kappa shape index (κ2) is 8.13. The lowest BCUT2D eigenvalue weighted by Crippen LogP contribution is -2.51. The van der Waals surface area contributed by atoms with Crippen molar-refractivity contribution in [2.24, 2.45) is 5.92 Å². The van der Waals surface area contributed by atoms with Gasteiger partial charge in [0, 0.05) is 43.5 Å². The number of hydrogen-bond donors (Lipinski definition) is 1. The van der Waals surface area contributed by atoms with Crippen molar-refractivity contribution in [3.05, 3.63) is 18.1 Å². The van der Waals surface area contributed by atoms with Gasteiger partial charge in [-0.1, -0.05) is 13.8 Å². The Balaban J connectivity index is 1.30. The Labute approximate surface area is 162 Å². The van der Waals surface area contributed by atoms with Crippen molar-refractivity contribution in [3.63, 3.8) is 0 Å². The largest absolute Gasteiger partial charge is 0.356 e. The molecule has 3 heterocycles. The van der Waals surface area contributed by atoms with Gasteiger partial charge in [-0.25, -0.2) is 9.97 Å². The van der Waals surface area contributed by atoms with Gasteiger partial charge in [0.25, 0.3) is 0 Å². The zero-order valence-corrected chi connectivity index (χ0v) is 16.7. The summed E-state index contributed by atoms with van der Waals surface area (Å²) in [5.74, 6) is 1.97. The van der Waals surface area contributed by atoms with Gasteiger partial charge in [-0.05, 0) is 51.0 Å². The van der Waals surface area contributed by atoms with Crippen molar-refractivity contribution < 1.29 is 4.79 Å². The maximum atomic E-state index is 12.4. The first-order valence-electron chi connectivity index (χ1n) is 10.7. The molecule has 2 aliphatic heterocycles. The number of anilines is 1. The van der Waals surface area contributed by atoms with Gasteiger partial charge in [0.05, 0.1) is 5.92 Å². The first kappa shape index (κ1) is 18.7. The standard InChI is InChI=1S/C21H33N5O/c1-15(2)19-12-20(23-14-22-19)25-10-7-18(8-11-25)26-9-3-4-16(13-26)21(27)24-17-5-6-17/h12,14-18H,3-11,13H2,1-2H3,(H,24,27)/t16-/m1/s1. The summed E-state index contributed by atoms with van der Waals surface area (Å²) in [6, 6.07) is 3.22. The van der Waals surface area contributed by atoms with E-state index in [0.29, 0.717) is 23.9 Å². The summed E-state index contributed by atoms with van der Waals surface area (Å²) < 4.78 is 0. The van der Waals surface area contributed by atoms with Crippen molar-refractivity contribution in [1.82, 2.24) is 20.2 Å². The Bertz CT molecular complexity index is 652. The summed E-state index contributed by atoms with van der Waals surface area (Å²) in [6.45, 7) is 8.50. The van der Waals surface area contributed by atoms with Crippen LogP contribution in [0.4, 0.5) is 5.82 Å². The zero-order valence-electron chi connectivity index (χ0n) is 16.7. The minimum Gasteiger partial charge on any atom is -0.356 e. The summed E-state index contributed by atoms with van der Waals surface area (Å²) in [6.07, 6.45) is 8.53. The number of nitrogens with zero attached hydrogens (tertiary/aromatic N) is 4. The summed E-state index contributed by atoms with van der Waals surface area (Å²) >= 11 is 0. The molecule has 2 saturated heterocycles. The highest BCUT2D eigenvalue weighted by atomic mass is 16.2. The Morgan fingerprint density at radius 2 is 1.89 bits per heavy atom. The summed E-state index contributed by atoms with van der Waals surface area (Å²) in [7, 11) is 0. The Morgan fingerprint density at radius 3 is 2.59 bits per heavy atom. The zero-order chi connectivity index (χ0) is 18.8. The molecule has 3 aliphatic rings. The monoisotopic (exact) mass is 371 g/mol. The number of amides is 1. The summed E-state index contributed by atoms with van der Waals surface area (Å²) in [4.78, 5) is 26.3. The SMILES string of the molecule is CC(C)c1cc(N2CCC(N3CCC[C@@H](C(=O)NC4CC4)C3)CC2)ncn1. The lowest BCUT2D eigenvalue weighted by Gasteiger charge is -2.42. The van der Waals surface area contributed by atoms with Crippen LogP contribution < -0.4 is 10.2 Å². The fraction of sp³-hybridized carbons (Fsp3) is 0.762. The third-order valence-corrected chi connectivity index (χ3v) is 6.32. The van der Waals surface area contributed by atoms with Crippen molar-refractivity contribution in [2.45, 2.75) is 70.4 Å². The number of aromatic nitrogens is 2. The van der Waals surface area contributed by atoms with Crippen LogP contribution in [0, 0.1) is 5.92 Å². The number of likely N-dealkylation sites (tertiary alicyclic amines) is 1. The Morgan fingerprint density at radius 1 is 1.11 bits per heavy atom. The molecular weight excluding hydrogens is 338 g/mol. The van der Waals surface area contributed by atoms with Crippen LogP contribution in [0.15, 0.2) is 12.4 Å². The van der Waals surface area contributed by atoms with E-state index < -0.39 is 0 Å². The molecule has 6 heteroatoms. The van der Waals surface area contributed by atoms with Crippen LogP contribution in [0.1, 0.15) is 64.0 Å². The van der Waals surface area contributed by atoms with Gasteiger partial charge in [-0.3, -0.25) is 9.69 Å². The maximum absolute atomic E-state index is 12.4. The molecule has 0 spiro atoms. The molecule has 1 amide bonds. The first-order valence-corrected chi connectivity index (χ1v) is 10.7. The predicted molar refractivity (Wildman–Crippen MR) is 107 cm³/mol. The molecule has 1 saturated carbocycles. The molecule has 148 valence electrons. The highest BCUT2D eigenvalue weighted by Crippen LogP contribution is 2.27. The van der Waals surface area contributed by atoms with E-state index >= 15 is 0 Å². The molecule has 1 aliphatic carbocycles. The van der Waals surface area contributed by atoms with E-state index in [1.54, 1.807) is 6.33 Å². The minimum absolute atomic E-state index is 0.188. The normalized spacial score (nSPS) is 25.0. The lowest BCUT2D eigenvalue weighted by molar-refractivity contribution is -0.127. The van der Waals surface area contributed by atoms with Crippen LogP contribution >= 0.6 is 0 Å². The Kier molecular flexibility index (Phi) is 5.62. The van der Waals surface area contributed by atoms with E-state index in [-0.39, 0.29) is 5.92 Å². The van der Waals surface area contributed by atoms with E-state index in [1.165, 1.54) is 12.8 Å². The van der Waals surface area contributed by atoms with Crippen LogP contribution in [-0.2, 0) is 4.79 Å². The number of rotatable bonds is 5. The van der Waals surface area contributed by atoms with Crippen LogP contribution in [0.2, 0.25) is 0 Å². The number of nitrogens with one attached hydrogen (secondary N) is 1. The van der Waals surface area contributed by atoms with E-state index in [9.17, 15) is 4.79 Å². The highest BCUT2D eigenvalue weighted by molar-refractivity contribution is 5.79. The average molecular weight is 372 g/mol. The third-order valence-electron chi connectivity index (χ3n) is 6.32. The van der Waals surface area contributed by atoms with Gasteiger partial charge in [0.1, 0.15) is 12.1 Å². The molecule has 27 heavy (non-hydrogen) atoms. The van der Waals surface area contributed by atoms with Crippen LogP contribution in [0.3, 0.4) is 0 Å². The second-order valence-corrected chi connectivity index (χ2v) is 8.79. The number of hydrogen-bond acceptors (Lipinski definition) is 5. The van der Waals surface area contributed by atoms with Gasteiger partial charge in [-0.2, -0.15) is 0 Å². The van der Waals surface area contributed by atoms with Crippen molar-refractivity contribution >= 4 is 11.7 Å². The molecule has 1 aromatic heterocycles. The molecule has 0 bridgehead atoms. The molecule has 4 rings (SSSR count). The average Bonchev–Trinajstić information content (AvgIpc) is 3.52. The fourth-order valence-electron chi connectivity index (χ4n) is 4.41. The summed E-state index contributed by atoms with van der Waals surface area (Å²) in [5.41, 5.74) is 1.11. The van der Waals surface area contributed by atoms with Crippen LogP contribution in [0.25, 0.3) is 0 Å². The second-order valence-electron chi connectivity index (χ2n) is 8.79. The topological polar surface area (TPSA) is 61.4 Å². The first-order chi connectivity index (χ1) is 13.1. The lowest BCUT2D eigenvalue weighted by atomic mass is 9.93. The van der Waals surface area contributed by atoms with E-state index in [4.69, 9.17) is 0 Å². The van der Waals surface area contributed by atoms with Gasteiger partial charge in [0.2, 0.25) is 5.91 Å².